The smallest absolute Gasteiger partial charge is 0.161 e. The summed E-state index contributed by atoms with van der Waals surface area (Å²) in [6.45, 7) is 2.97. The predicted octanol–water partition coefficient (Wildman–Crippen LogP) is 4.39. The second-order valence-corrected chi connectivity index (χ2v) is 7.30. The summed E-state index contributed by atoms with van der Waals surface area (Å²) in [5, 5.41) is 3.17. The Hall–Kier alpha value is -2.37. The molecule has 0 saturated carbocycles. The van der Waals surface area contributed by atoms with Gasteiger partial charge in [-0.25, -0.2) is 4.98 Å². The second-order valence-electron chi connectivity index (χ2n) is 6.44. The Balaban J connectivity index is 1.49. The van der Waals surface area contributed by atoms with Crippen LogP contribution in [0.5, 0.6) is 11.5 Å². The molecule has 3 aromatic rings. The van der Waals surface area contributed by atoms with Crippen molar-refractivity contribution in [2.75, 3.05) is 20.8 Å². The Morgan fingerprint density at radius 3 is 2.65 bits per heavy atom. The van der Waals surface area contributed by atoms with Crippen molar-refractivity contribution in [3.8, 4) is 22.1 Å². The highest BCUT2D eigenvalue weighted by Crippen LogP contribution is 2.33. The van der Waals surface area contributed by atoms with Gasteiger partial charge in [0, 0.05) is 30.6 Å². The lowest BCUT2D eigenvalue weighted by Crippen LogP contribution is -2.30. The number of rotatable bonds is 5. The fraction of sp³-hybridized carbons (Fsp3) is 0.286. The van der Waals surface area contributed by atoms with Gasteiger partial charge in [0.1, 0.15) is 5.01 Å². The van der Waals surface area contributed by atoms with Crippen molar-refractivity contribution in [1.82, 2.24) is 9.88 Å². The van der Waals surface area contributed by atoms with Crippen LogP contribution in [0.1, 0.15) is 16.8 Å². The molecule has 0 amide bonds. The van der Waals surface area contributed by atoms with Crippen LogP contribution in [0.3, 0.4) is 0 Å². The third kappa shape index (κ3) is 3.45. The summed E-state index contributed by atoms with van der Waals surface area (Å²) in [6.07, 6.45) is 1.11. The van der Waals surface area contributed by atoms with Crippen molar-refractivity contribution < 1.29 is 9.47 Å². The lowest BCUT2D eigenvalue weighted by Gasteiger charge is -2.27. The van der Waals surface area contributed by atoms with Gasteiger partial charge < -0.3 is 9.47 Å². The number of fused-ring (bicyclic) bond motifs is 1. The molecule has 1 aromatic heterocycles. The van der Waals surface area contributed by atoms with E-state index in [0.717, 1.165) is 53.8 Å². The normalized spacial score (nSPS) is 14.1. The lowest BCUT2D eigenvalue weighted by atomic mass is 10.00. The molecule has 0 saturated heterocycles. The third-order valence-electron chi connectivity index (χ3n) is 4.78. The quantitative estimate of drug-likeness (QED) is 0.671. The van der Waals surface area contributed by atoms with Crippen LogP contribution >= 0.6 is 11.3 Å². The first-order valence-corrected chi connectivity index (χ1v) is 9.60. The summed E-state index contributed by atoms with van der Waals surface area (Å²) >= 11 is 1.68. The Morgan fingerprint density at radius 2 is 1.85 bits per heavy atom. The van der Waals surface area contributed by atoms with Crippen LogP contribution in [0, 0.1) is 0 Å². The fourth-order valence-corrected chi connectivity index (χ4v) is 4.21. The van der Waals surface area contributed by atoms with Crippen LogP contribution < -0.4 is 9.47 Å². The van der Waals surface area contributed by atoms with Gasteiger partial charge in [-0.1, -0.05) is 24.3 Å². The number of ether oxygens (including phenoxy) is 2. The van der Waals surface area contributed by atoms with Gasteiger partial charge in [0.05, 0.1) is 19.9 Å². The Morgan fingerprint density at radius 1 is 1.04 bits per heavy atom. The van der Waals surface area contributed by atoms with Crippen LogP contribution in [-0.2, 0) is 19.5 Å². The molecule has 2 heterocycles. The molecule has 134 valence electrons. The van der Waals surface area contributed by atoms with Gasteiger partial charge in [-0.2, -0.15) is 0 Å². The highest BCUT2D eigenvalue weighted by atomic mass is 32.1. The highest BCUT2D eigenvalue weighted by Gasteiger charge is 2.17. The Bertz CT molecular complexity index is 907. The number of thiazole rings is 1. The minimum Gasteiger partial charge on any atom is -0.493 e. The fourth-order valence-electron chi connectivity index (χ4n) is 3.40. The summed E-state index contributed by atoms with van der Waals surface area (Å²) in [7, 11) is 3.30. The Labute approximate surface area is 158 Å². The van der Waals surface area contributed by atoms with Crippen molar-refractivity contribution in [2.45, 2.75) is 19.5 Å². The van der Waals surface area contributed by atoms with Gasteiger partial charge >= 0.3 is 0 Å². The first-order valence-electron chi connectivity index (χ1n) is 8.73. The maximum Gasteiger partial charge on any atom is 0.161 e. The molecule has 4 rings (SSSR count). The number of aromatic nitrogens is 1. The van der Waals surface area contributed by atoms with Crippen molar-refractivity contribution in [1.29, 1.82) is 0 Å². The largest absolute Gasteiger partial charge is 0.493 e. The molecule has 1 aliphatic rings. The molecule has 4 nitrogen and oxygen atoms in total. The topological polar surface area (TPSA) is 34.6 Å². The van der Waals surface area contributed by atoms with Crippen LogP contribution in [0.4, 0.5) is 0 Å². The van der Waals surface area contributed by atoms with E-state index in [1.165, 1.54) is 11.1 Å². The summed E-state index contributed by atoms with van der Waals surface area (Å²) in [5.74, 6) is 1.47. The zero-order chi connectivity index (χ0) is 17.9. The zero-order valence-corrected chi connectivity index (χ0v) is 15.9. The molecular formula is C21H22N2O2S. The monoisotopic (exact) mass is 366 g/mol. The summed E-state index contributed by atoms with van der Waals surface area (Å²) in [5.41, 5.74) is 5.10. The maximum atomic E-state index is 5.40. The SMILES string of the molecule is COc1ccc(-c2nc(CN3CCc4ccccc4C3)cs2)cc1OC. The van der Waals surface area contributed by atoms with E-state index in [2.05, 4.69) is 34.5 Å². The minimum atomic E-state index is 0.731. The molecule has 0 bridgehead atoms. The summed E-state index contributed by atoms with van der Waals surface area (Å²) < 4.78 is 10.7. The number of hydrogen-bond acceptors (Lipinski definition) is 5. The van der Waals surface area contributed by atoms with Crippen molar-refractivity contribution in [2.24, 2.45) is 0 Å². The molecule has 26 heavy (non-hydrogen) atoms. The molecule has 0 fully saturated rings. The molecule has 0 radical (unpaired) electrons. The highest BCUT2D eigenvalue weighted by molar-refractivity contribution is 7.13. The maximum absolute atomic E-state index is 5.40. The van der Waals surface area contributed by atoms with E-state index in [1.54, 1.807) is 25.6 Å². The minimum absolute atomic E-state index is 0.731. The van der Waals surface area contributed by atoms with E-state index < -0.39 is 0 Å². The van der Waals surface area contributed by atoms with Crippen LogP contribution in [0.25, 0.3) is 10.6 Å². The summed E-state index contributed by atoms with van der Waals surface area (Å²) in [6, 6.07) is 14.7. The molecule has 1 aliphatic heterocycles. The molecule has 0 spiro atoms. The van der Waals surface area contributed by atoms with E-state index in [0.29, 0.717) is 0 Å². The van der Waals surface area contributed by atoms with Crippen molar-refractivity contribution in [3.05, 3.63) is 64.7 Å². The second kappa shape index (κ2) is 7.48. The number of benzene rings is 2. The van der Waals surface area contributed by atoms with E-state index >= 15 is 0 Å². The van der Waals surface area contributed by atoms with Crippen LogP contribution in [0.15, 0.2) is 47.8 Å². The van der Waals surface area contributed by atoms with E-state index in [-0.39, 0.29) is 0 Å². The molecule has 0 atom stereocenters. The molecule has 5 heteroatoms. The van der Waals surface area contributed by atoms with Gasteiger partial charge in [-0.3, -0.25) is 4.90 Å². The number of methoxy groups -OCH3 is 2. The average Bonchev–Trinajstić information content (AvgIpc) is 3.15. The molecular weight excluding hydrogens is 344 g/mol. The van der Waals surface area contributed by atoms with Gasteiger partial charge in [0.25, 0.3) is 0 Å². The third-order valence-corrected chi connectivity index (χ3v) is 5.72. The lowest BCUT2D eigenvalue weighted by molar-refractivity contribution is 0.243. The van der Waals surface area contributed by atoms with E-state index in [4.69, 9.17) is 14.5 Å². The van der Waals surface area contributed by atoms with Gasteiger partial charge in [0.15, 0.2) is 11.5 Å². The molecule has 0 aliphatic carbocycles. The Kier molecular flexibility index (Phi) is 4.91. The van der Waals surface area contributed by atoms with E-state index in [9.17, 15) is 0 Å². The average molecular weight is 366 g/mol. The number of nitrogens with zero attached hydrogens (tertiary/aromatic N) is 2. The van der Waals surface area contributed by atoms with Gasteiger partial charge in [-0.05, 0) is 35.7 Å². The zero-order valence-electron chi connectivity index (χ0n) is 15.1. The number of hydrogen-bond donors (Lipinski definition) is 0. The van der Waals surface area contributed by atoms with Gasteiger partial charge in [-0.15, -0.1) is 11.3 Å². The van der Waals surface area contributed by atoms with Crippen LogP contribution in [0.2, 0.25) is 0 Å². The summed E-state index contributed by atoms with van der Waals surface area (Å²) in [4.78, 5) is 7.31. The van der Waals surface area contributed by atoms with Crippen molar-refractivity contribution in [3.63, 3.8) is 0 Å². The van der Waals surface area contributed by atoms with Crippen molar-refractivity contribution >= 4 is 11.3 Å². The van der Waals surface area contributed by atoms with Gasteiger partial charge in [0.2, 0.25) is 0 Å². The van der Waals surface area contributed by atoms with Crippen LogP contribution in [-0.4, -0.2) is 30.6 Å². The first-order chi connectivity index (χ1) is 12.8. The first kappa shape index (κ1) is 17.1. The predicted molar refractivity (Wildman–Crippen MR) is 105 cm³/mol. The molecule has 0 N–H and O–H groups in total. The van der Waals surface area contributed by atoms with E-state index in [1.807, 2.05) is 18.2 Å². The molecule has 2 aromatic carbocycles. The molecule has 0 unspecified atom stereocenters. The standard InChI is InChI=1S/C21H22N2O2S/c1-24-19-8-7-16(11-20(19)25-2)21-22-18(14-26-21)13-23-10-9-15-5-3-4-6-17(15)12-23/h3-8,11,14H,9-10,12-13H2,1-2H3.